The third kappa shape index (κ3) is 4.31. The summed E-state index contributed by atoms with van der Waals surface area (Å²) < 4.78 is 29.8. The normalized spacial score (nSPS) is 17.6. The lowest BCUT2D eigenvalue weighted by atomic mass is 10.1. The number of anilines is 1. The van der Waals surface area contributed by atoms with Crippen LogP contribution in [0.15, 0.2) is 24.3 Å². The SMILES string of the molecule is COCCN(CCC(=O)N1c2ccccc2CC1C)S(C)(=O)=O. The van der Waals surface area contributed by atoms with Crippen LogP contribution >= 0.6 is 0 Å². The lowest BCUT2D eigenvalue weighted by Crippen LogP contribution is -2.40. The van der Waals surface area contributed by atoms with E-state index in [9.17, 15) is 13.2 Å². The summed E-state index contributed by atoms with van der Waals surface area (Å²) in [5.74, 6) is -0.0477. The van der Waals surface area contributed by atoms with Crippen molar-refractivity contribution in [1.29, 1.82) is 0 Å². The average molecular weight is 340 g/mol. The molecule has 0 N–H and O–H groups in total. The molecule has 1 unspecified atom stereocenters. The molecule has 0 saturated heterocycles. The first-order valence-corrected chi connectivity index (χ1v) is 9.53. The Kier molecular flexibility index (Phi) is 5.78. The molecule has 0 aliphatic carbocycles. The third-order valence-corrected chi connectivity index (χ3v) is 5.37. The molecule has 1 atom stereocenters. The minimum atomic E-state index is -3.35. The second-order valence-electron chi connectivity index (χ2n) is 5.85. The van der Waals surface area contributed by atoms with E-state index in [1.807, 2.05) is 31.2 Å². The zero-order valence-corrected chi connectivity index (χ0v) is 14.7. The minimum Gasteiger partial charge on any atom is -0.383 e. The van der Waals surface area contributed by atoms with Crippen LogP contribution in [-0.2, 0) is 26.0 Å². The summed E-state index contributed by atoms with van der Waals surface area (Å²) in [6, 6.07) is 7.95. The van der Waals surface area contributed by atoms with Crippen LogP contribution in [0.4, 0.5) is 5.69 Å². The lowest BCUT2D eigenvalue weighted by molar-refractivity contribution is -0.119. The fraction of sp³-hybridized carbons (Fsp3) is 0.562. The number of methoxy groups -OCH3 is 1. The topological polar surface area (TPSA) is 66.9 Å². The van der Waals surface area contributed by atoms with Gasteiger partial charge in [0.1, 0.15) is 0 Å². The number of hydrogen-bond donors (Lipinski definition) is 0. The zero-order valence-electron chi connectivity index (χ0n) is 13.9. The predicted molar refractivity (Wildman–Crippen MR) is 90.0 cm³/mol. The van der Waals surface area contributed by atoms with Crippen LogP contribution in [0.2, 0.25) is 0 Å². The number of ether oxygens (including phenoxy) is 1. The number of fused-ring (bicyclic) bond motifs is 1. The molecule has 0 radical (unpaired) electrons. The molecule has 128 valence electrons. The van der Waals surface area contributed by atoms with Gasteiger partial charge in [0.15, 0.2) is 0 Å². The van der Waals surface area contributed by atoms with Crippen LogP contribution in [0, 0.1) is 0 Å². The van der Waals surface area contributed by atoms with Crippen molar-refractivity contribution in [3.63, 3.8) is 0 Å². The highest BCUT2D eigenvalue weighted by molar-refractivity contribution is 7.88. The Hall–Kier alpha value is -1.44. The summed E-state index contributed by atoms with van der Waals surface area (Å²) in [7, 11) is -1.83. The van der Waals surface area contributed by atoms with E-state index >= 15 is 0 Å². The van der Waals surface area contributed by atoms with Crippen molar-refractivity contribution in [3.8, 4) is 0 Å². The molecule has 0 aromatic heterocycles. The number of benzene rings is 1. The van der Waals surface area contributed by atoms with E-state index in [2.05, 4.69) is 0 Å². The quantitative estimate of drug-likeness (QED) is 0.749. The molecule has 1 aromatic rings. The van der Waals surface area contributed by atoms with Gasteiger partial charge in [-0.1, -0.05) is 18.2 Å². The van der Waals surface area contributed by atoms with Crippen molar-refractivity contribution in [3.05, 3.63) is 29.8 Å². The molecule has 0 fully saturated rings. The summed E-state index contributed by atoms with van der Waals surface area (Å²) in [5, 5.41) is 0. The van der Waals surface area contributed by atoms with E-state index in [4.69, 9.17) is 4.74 Å². The number of hydrogen-bond acceptors (Lipinski definition) is 4. The van der Waals surface area contributed by atoms with E-state index < -0.39 is 10.0 Å². The van der Waals surface area contributed by atoms with Gasteiger partial charge in [-0.2, -0.15) is 4.31 Å². The number of carbonyl (C=O) groups is 1. The zero-order chi connectivity index (χ0) is 17.0. The van der Waals surface area contributed by atoms with Gasteiger partial charge >= 0.3 is 0 Å². The van der Waals surface area contributed by atoms with Crippen molar-refractivity contribution in [2.24, 2.45) is 0 Å². The Morgan fingerprint density at radius 2 is 2.04 bits per heavy atom. The van der Waals surface area contributed by atoms with Gasteiger partial charge in [0.2, 0.25) is 15.9 Å². The Morgan fingerprint density at radius 3 is 2.70 bits per heavy atom. The first kappa shape index (κ1) is 17.9. The molecular formula is C16H24N2O4S. The number of sulfonamides is 1. The Balaban J connectivity index is 2.04. The highest BCUT2D eigenvalue weighted by Gasteiger charge is 2.30. The van der Waals surface area contributed by atoms with Crippen molar-refractivity contribution >= 4 is 21.6 Å². The summed E-state index contributed by atoms with van der Waals surface area (Å²) >= 11 is 0. The maximum atomic E-state index is 12.6. The summed E-state index contributed by atoms with van der Waals surface area (Å²) in [6.07, 6.45) is 2.15. The molecule has 0 bridgehead atoms. The van der Waals surface area contributed by atoms with Gasteiger partial charge in [-0.15, -0.1) is 0 Å². The van der Waals surface area contributed by atoms with Gasteiger partial charge in [0.05, 0.1) is 12.9 Å². The largest absolute Gasteiger partial charge is 0.383 e. The van der Waals surface area contributed by atoms with Gasteiger partial charge in [0.25, 0.3) is 0 Å². The molecule has 1 heterocycles. The highest BCUT2D eigenvalue weighted by Crippen LogP contribution is 2.32. The molecule has 0 saturated carbocycles. The number of carbonyl (C=O) groups excluding carboxylic acids is 1. The third-order valence-electron chi connectivity index (χ3n) is 4.06. The number of nitrogens with zero attached hydrogens (tertiary/aromatic N) is 2. The van der Waals surface area contributed by atoms with Gasteiger partial charge in [-0.05, 0) is 25.0 Å². The number of amides is 1. The van der Waals surface area contributed by atoms with Gasteiger partial charge in [0, 0.05) is 38.3 Å². The lowest BCUT2D eigenvalue weighted by Gasteiger charge is -2.25. The fourth-order valence-electron chi connectivity index (χ4n) is 2.92. The van der Waals surface area contributed by atoms with Crippen LogP contribution in [-0.4, -0.2) is 57.7 Å². The van der Waals surface area contributed by atoms with E-state index in [-0.39, 0.29) is 31.5 Å². The van der Waals surface area contributed by atoms with Crippen molar-refractivity contribution < 1.29 is 17.9 Å². The molecule has 1 aliphatic heterocycles. The van der Waals surface area contributed by atoms with Crippen molar-refractivity contribution in [1.82, 2.24) is 4.31 Å². The molecular weight excluding hydrogens is 316 g/mol. The molecule has 1 aromatic carbocycles. The molecule has 0 spiro atoms. The van der Waals surface area contributed by atoms with Crippen LogP contribution in [0.3, 0.4) is 0 Å². The van der Waals surface area contributed by atoms with Gasteiger partial charge in [-0.3, -0.25) is 4.79 Å². The van der Waals surface area contributed by atoms with E-state index in [1.54, 1.807) is 4.90 Å². The molecule has 7 heteroatoms. The van der Waals surface area contributed by atoms with Crippen LogP contribution in [0.5, 0.6) is 0 Å². The van der Waals surface area contributed by atoms with Crippen molar-refractivity contribution in [2.75, 3.05) is 38.0 Å². The Labute approximate surface area is 138 Å². The second kappa shape index (κ2) is 7.42. The van der Waals surface area contributed by atoms with Crippen LogP contribution in [0.25, 0.3) is 0 Å². The van der Waals surface area contributed by atoms with Crippen LogP contribution in [0.1, 0.15) is 18.9 Å². The maximum Gasteiger partial charge on any atom is 0.228 e. The monoisotopic (exact) mass is 340 g/mol. The fourth-order valence-corrected chi connectivity index (χ4v) is 3.75. The molecule has 2 rings (SSSR count). The Morgan fingerprint density at radius 1 is 1.35 bits per heavy atom. The summed E-state index contributed by atoms with van der Waals surface area (Å²) in [6.45, 7) is 2.75. The standard InChI is InChI=1S/C16H24N2O4S/c1-13-12-14-6-4-5-7-15(14)18(13)16(19)8-9-17(10-11-22-2)23(3,20)21/h4-7,13H,8-12H2,1-3H3. The van der Waals surface area contributed by atoms with Gasteiger partial charge < -0.3 is 9.64 Å². The average Bonchev–Trinajstić information content (AvgIpc) is 2.81. The summed E-state index contributed by atoms with van der Waals surface area (Å²) in [4.78, 5) is 14.4. The maximum absolute atomic E-state index is 12.6. The van der Waals surface area contributed by atoms with E-state index in [1.165, 1.54) is 11.4 Å². The number of rotatable bonds is 7. The van der Waals surface area contributed by atoms with E-state index in [0.717, 1.165) is 23.9 Å². The Bertz CT molecular complexity index is 660. The highest BCUT2D eigenvalue weighted by atomic mass is 32.2. The molecule has 1 amide bonds. The summed E-state index contributed by atoms with van der Waals surface area (Å²) in [5.41, 5.74) is 2.10. The molecule has 6 nitrogen and oxygen atoms in total. The minimum absolute atomic E-state index is 0.0477. The molecule has 23 heavy (non-hydrogen) atoms. The van der Waals surface area contributed by atoms with Crippen molar-refractivity contribution in [2.45, 2.75) is 25.8 Å². The van der Waals surface area contributed by atoms with Gasteiger partial charge in [-0.25, -0.2) is 8.42 Å². The predicted octanol–water partition coefficient (Wildman–Crippen LogP) is 1.26. The van der Waals surface area contributed by atoms with Crippen LogP contribution < -0.4 is 4.90 Å². The second-order valence-corrected chi connectivity index (χ2v) is 7.83. The first-order chi connectivity index (χ1) is 10.8. The number of para-hydroxylation sites is 1. The molecule has 1 aliphatic rings. The van der Waals surface area contributed by atoms with E-state index in [0.29, 0.717) is 6.61 Å². The smallest absolute Gasteiger partial charge is 0.228 e. The first-order valence-electron chi connectivity index (χ1n) is 7.68.